The van der Waals surface area contributed by atoms with E-state index in [0.717, 1.165) is 0 Å². The van der Waals surface area contributed by atoms with Gasteiger partial charge in [0.15, 0.2) is 0 Å². The van der Waals surface area contributed by atoms with E-state index in [0.29, 0.717) is 0 Å². The second-order valence-corrected chi connectivity index (χ2v) is 4.28. The van der Waals surface area contributed by atoms with Crippen molar-refractivity contribution in [1.29, 1.82) is 0 Å². The molecule has 0 aromatic carbocycles. The van der Waals surface area contributed by atoms with Crippen LogP contribution in [-0.4, -0.2) is 0 Å². The van der Waals surface area contributed by atoms with Crippen molar-refractivity contribution < 1.29 is 16.5 Å². The second-order valence-electron chi connectivity index (χ2n) is 4.28. The maximum atomic E-state index is 2.23. The Balaban J connectivity index is 0.000000284. The Bertz CT molecular complexity index is 203. The molecule has 2 aliphatic carbocycles. The molecule has 0 nitrogen and oxygen atoms in total. The number of rotatable bonds is 0. The van der Waals surface area contributed by atoms with Crippen LogP contribution in [0.15, 0.2) is 48.6 Å². The van der Waals surface area contributed by atoms with Crippen LogP contribution in [0.3, 0.4) is 0 Å². The van der Waals surface area contributed by atoms with Crippen molar-refractivity contribution in [2.45, 2.75) is 51.4 Å². The Morgan fingerprint density at radius 3 is 0.882 bits per heavy atom. The molecule has 0 N–H and O–H groups in total. The Morgan fingerprint density at radius 2 is 0.647 bits per heavy atom. The minimum absolute atomic E-state index is 0. The molecule has 0 unspecified atom stereocenters. The summed E-state index contributed by atoms with van der Waals surface area (Å²) < 4.78 is 0. The quantitative estimate of drug-likeness (QED) is 0.523. The molecule has 0 spiro atoms. The topological polar surface area (TPSA) is 0 Å². The minimum Gasteiger partial charge on any atom is -0.0845 e. The van der Waals surface area contributed by atoms with Crippen LogP contribution in [0.25, 0.3) is 0 Å². The van der Waals surface area contributed by atoms with Crippen LogP contribution < -0.4 is 0 Å². The molecule has 0 atom stereocenters. The van der Waals surface area contributed by atoms with Gasteiger partial charge in [0.1, 0.15) is 0 Å². The van der Waals surface area contributed by atoms with E-state index in [4.69, 9.17) is 0 Å². The molecule has 0 radical (unpaired) electrons. The SMILES string of the molecule is C1=CCCCCC=C1.C1=CCCCCC=C1.[Ni]. The summed E-state index contributed by atoms with van der Waals surface area (Å²) in [6, 6.07) is 0. The van der Waals surface area contributed by atoms with Gasteiger partial charge in [-0.05, 0) is 51.4 Å². The Hall–Kier alpha value is -0.546. The first kappa shape index (κ1) is 16.5. The molecular formula is C16H24Ni. The fraction of sp³-hybridized carbons (Fsp3) is 0.500. The van der Waals surface area contributed by atoms with E-state index < -0.39 is 0 Å². The Labute approximate surface area is 116 Å². The molecule has 0 heterocycles. The fourth-order valence-electron chi connectivity index (χ4n) is 1.75. The smallest absolute Gasteiger partial charge is 0 e. The van der Waals surface area contributed by atoms with Crippen LogP contribution >= 0.6 is 0 Å². The molecule has 0 amide bonds. The van der Waals surface area contributed by atoms with E-state index in [9.17, 15) is 0 Å². The van der Waals surface area contributed by atoms with Gasteiger partial charge in [0.2, 0.25) is 0 Å². The predicted molar refractivity (Wildman–Crippen MR) is 73.5 cm³/mol. The summed E-state index contributed by atoms with van der Waals surface area (Å²) in [7, 11) is 0. The minimum atomic E-state index is 0. The molecule has 0 saturated heterocycles. The fourth-order valence-corrected chi connectivity index (χ4v) is 1.75. The molecule has 0 aromatic heterocycles. The van der Waals surface area contributed by atoms with Gasteiger partial charge >= 0.3 is 0 Å². The van der Waals surface area contributed by atoms with E-state index in [2.05, 4.69) is 48.6 Å². The van der Waals surface area contributed by atoms with Crippen LogP contribution in [0, 0.1) is 0 Å². The summed E-state index contributed by atoms with van der Waals surface area (Å²) >= 11 is 0. The first-order valence-electron chi connectivity index (χ1n) is 6.63. The third-order valence-electron chi connectivity index (χ3n) is 2.75. The summed E-state index contributed by atoms with van der Waals surface area (Å²) in [4.78, 5) is 0. The molecule has 0 fully saturated rings. The van der Waals surface area contributed by atoms with Crippen molar-refractivity contribution in [2.75, 3.05) is 0 Å². The molecule has 2 aliphatic rings. The number of allylic oxidation sites excluding steroid dienone is 8. The zero-order valence-electron chi connectivity index (χ0n) is 10.6. The zero-order chi connectivity index (χ0) is 11.3. The molecule has 1 heteroatoms. The first-order chi connectivity index (χ1) is 8.00. The molecule has 0 aliphatic heterocycles. The van der Waals surface area contributed by atoms with Crippen molar-refractivity contribution in [3.05, 3.63) is 48.6 Å². The number of hydrogen-bond donors (Lipinski definition) is 0. The van der Waals surface area contributed by atoms with Gasteiger partial charge in [-0.15, -0.1) is 0 Å². The van der Waals surface area contributed by atoms with Crippen LogP contribution in [0.4, 0.5) is 0 Å². The standard InChI is InChI=1S/2C8H12.Ni/c2*1-2-4-6-8-7-5-3-1;/h2*1-4H,5-8H2;. The molecule has 17 heavy (non-hydrogen) atoms. The van der Waals surface area contributed by atoms with Crippen molar-refractivity contribution in [3.8, 4) is 0 Å². The summed E-state index contributed by atoms with van der Waals surface area (Å²) in [6.07, 6.45) is 28.0. The zero-order valence-corrected chi connectivity index (χ0v) is 11.6. The molecule has 2 rings (SSSR count). The van der Waals surface area contributed by atoms with Crippen LogP contribution in [-0.2, 0) is 16.5 Å². The normalized spacial score (nSPS) is 18.8. The molecule has 0 saturated carbocycles. The van der Waals surface area contributed by atoms with E-state index in [-0.39, 0.29) is 16.5 Å². The van der Waals surface area contributed by atoms with Crippen LogP contribution in [0.5, 0.6) is 0 Å². The molecule has 0 aromatic rings. The van der Waals surface area contributed by atoms with E-state index in [1.54, 1.807) is 0 Å². The summed E-state index contributed by atoms with van der Waals surface area (Å²) in [6.45, 7) is 0. The van der Waals surface area contributed by atoms with Gasteiger partial charge in [-0.25, -0.2) is 0 Å². The molecule has 98 valence electrons. The predicted octanol–water partition coefficient (Wildman–Crippen LogP) is 5.34. The average Bonchev–Trinajstić information content (AvgIpc) is 2.15. The van der Waals surface area contributed by atoms with E-state index in [1.807, 2.05) is 0 Å². The largest absolute Gasteiger partial charge is 0.0845 e. The third kappa shape index (κ3) is 11.7. The van der Waals surface area contributed by atoms with Crippen molar-refractivity contribution in [1.82, 2.24) is 0 Å². The van der Waals surface area contributed by atoms with Crippen molar-refractivity contribution >= 4 is 0 Å². The maximum Gasteiger partial charge on any atom is 0 e. The van der Waals surface area contributed by atoms with E-state index >= 15 is 0 Å². The second kappa shape index (κ2) is 13.5. The van der Waals surface area contributed by atoms with Crippen LogP contribution in [0.2, 0.25) is 0 Å². The van der Waals surface area contributed by atoms with Gasteiger partial charge < -0.3 is 0 Å². The van der Waals surface area contributed by atoms with Gasteiger partial charge in [0.25, 0.3) is 0 Å². The molecular weight excluding hydrogens is 251 g/mol. The van der Waals surface area contributed by atoms with Gasteiger partial charge in [0.05, 0.1) is 0 Å². The van der Waals surface area contributed by atoms with E-state index in [1.165, 1.54) is 51.4 Å². The summed E-state index contributed by atoms with van der Waals surface area (Å²) in [5.74, 6) is 0. The summed E-state index contributed by atoms with van der Waals surface area (Å²) in [5.41, 5.74) is 0. The molecule has 0 bridgehead atoms. The van der Waals surface area contributed by atoms with Crippen LogP contribution in [0.1, 0.15) is 51.4 Å². The van der Waals surface area contributed by atoms with Gasteiger partial charge in [-0.1, -0.05) is 48.6 Å². The van der Waals surface area contributed by atoms with Gasteiger partial charge in [-0.3, -0.25) is 0 Å². The van der Waals surface area contributed by atoms with Crippen molar-refractivity contribution in [2.24, 2.45) is 0 Å². The number of hydrogen-bond acceptors (Lipinski definition) is 0. The first-order valence-corrected chi connectivity index (χ1v) is 6.63. The maximum absolute atomic E-state index is 2.23. The van der Waals surface area contributed by atoms with Crippen molar-refractivity contribution in [3.63, 3.8) is 0 Å². The third-order valence-corrected chi connectivity index (χ3v) is 2.75. The summed E-state index contributed by atoms with van der Waals surface area (Å²) in [5, 5.41) is 0. The average molecular weight is 275 g/mol. The van der Waals surface area contributed by atoms with Gasteiger partial charge in [0, 0.05) is 16.5 Å². The monoisotopic (exact) mass is 274 g/mol. The van der Waals surface area contributed by atoms with Gasteiger partial charge in [-0.2, -0.15) is 0 Å². The Kier molecular flexibility index (Phi) is 13.1. The Morgan fingerprint density at radius 1 is 0.412 bits per heavy atom.